The van der Waals surface area contributed by atoms with E-state index in [1.54, 1.807) is 25.2 Å². The van der Waals surface area contributed by atoms with E-state index in [9.17, 15) is 14.2 Å². The molecule has 2 aliphatic rings. The molecular weight excluding hydrogens is 383 g/mol. The van der Waals surface area contributed by atoms with Gasteiger partial charge in [-0.1, -0.05) is 42.2 Å². The number of carbonyl (C=O) groups excluding carboxylic acids is 2. The number of anilines is 1. The van der Waals surface area contributed by atoms with Crippen LogP contribution in [-0.4, -0.2) is 50.6 Å². The lowest BCUT2D eigenvalue weighted by Gasteiger charge is -2.14. The van der Waals surface area contributed by atoms with Crippen molar-refractivity contribution in [3.63, 3.8) is 0 Å². The summed E-state index contributed by atoms with van der Waals surface area (Å²) in [7, 11) is -2.47. The number of thiocarbonyl (C=S) groups is 1. The normalized spacial score (nSPS) is 20.7. The van der Waals surface area contributed by atoms with Crippen LogP contribution in [0, 0.1) is 0 Å². The Morgan fingerprint density at radius 2 is 1.88 bits per heavy atom. The predicted octanol–water partition coefficient (Wildman–Crippen LogP) is 1.80. The molecule has 0 atom stereocenters. The number of thioether (sulfide) groups is 1. The van der Waals surface area contributed by atoms with E-state index in [4.69, 9.17) is 22.0 Å². The number of rotatable bonds is 4. The van der Waals surface area contributed by atoms with E-state index in [2.05, 4.69) is 0 Å². The van der Waals surface area contributed by atoms with Gasteiger partial charge in [-0.3, -0.25) is 19.1 Å². The van der Waals surface area contributed by atoms with Crippen LogP contribution in [0.1, 0.15) is 12.0 Å². The quantitative estimate of drug-likeness (QED) is 0.453. The Kier molecular flexibility index (Phi) is 4.87. The molecule has 2 aliphatic heterocycles. The molecule has 0 saturated carbocycles. The predicted molar refractivity (Wildman–Crippen MR) is 100 cm³/mol. The first-order valence-corrected chi connectivity index (χ1v) is 10.4. The Hall–Kier alpha value is -1.51. The molecule has 1 fully saturated rings. The number of amides is 2. The maximum absolute atomic E-state index is 12.7. The third-order valence-corrected chi connectivity index (χ3v) is 6.31. The van der Waals surface area contributed by atoms with Gasteiger partial charge in [0.05, 0.1) is 22.3 Å². The Balaban J connectivity index is 1.90. The van der Waals surface area contributed by atoms with Gasteiger partial charge in [0.15, 0.2) is 0 Å². The number of benzene rings is 1. The highest BCUT2D eigenvalue weighted by Gasteiger charge is 2.40. The smallest absolute Gasteiger partial charge is 0.324 e. The monoisotopic (exact) mass is 398 g/mol. The van der Waals surface area contributed by atoms with E-state index in [1.165, 1.54) is 9.80 Å². The van der Waals surface area contributed by atoms with E-state index >= 15 is 0 Å². The van der Waals surface area contributed by atoms with Gasteiger partial charge in [-0.15, -0.1) is 0 Å². The van der Waals surface area contributed by atoms with Gasteiger partial charge in [-0.25, -0.2) is 0 Å². The van der Waals surface area contributed by atoms with Gasteiger partial charge in [0.2, 0.25) is 0 Å². The second kappa shape index (κ2) is 6.66. The summed E-state index contributed by atoms with van der Waals surface area (Å²) >= 11 is 6.27. The van der Waals surface area contributed by atoms with Crippen LogP contribution in [0.4, 0.5) is 5.69 Å². The largest absolute Gasteiger partial charge is 0.325 e. The molecule has 0 spiro atoms. The van der Waals surface area contributed by atoms with Crippen molar-refractivity contribution in [2.24, 2.45) is 0 Å². The lowest BCUT2D eigenvalue weighted by Crippen LogP contribution is -2.30. The number of para-hydroxylation sites is 1. The number of carbonyl (C=O) groups is 2. The van der Waals surface area contributed by atoms with Crippen molar-refractivity contribution < 1.29 is 23.9 Å². The maximum Gasteiger partial charge on any atom is 0.325 e. The van der Waals surface area contributed by atoms with Crippen molar-refractivity contribution in [2.45, 2.75) is 6.42 Å². The highest BCUT2D eigenvalue weighted by Crippen LogP contribution is 2.44. The molecular formula is C15H15N2O5PS2. The number of fused-ring (bicyclic) bond motifs is 1. The van der Waals surface area contributed by atoms with Gasteiger partial charge in [0.25, 0.3) is 11.8 Å². The summed E-state index contributed by atoms with van der Waals surface area (Å²) in [5.74, 6) is -0.661. The van der Waals surface area contributed by atoms with E-state index in [1.807, 2.05) is 6.07 Å². The third kappa shape index (κ3) is 3.43. The van der Waals surface area contributed by atoms with Crippen LogP contribution in [0.2, 0.25) is 0 Å². The van der Waals surface area contributed by atoms with Crippen LogP contribution in [-0.2, 0) is 14.2 Å². The zero-order valence-corrected chi connectivity index (χ0v) is 15.7. The van der Waals surface area contributed by atoms with Crippen LogP contribution >= 0.6 is 31.6 Å². The SMILES string of the molecule is CN1C(=O)/C(=C2\SC(=S)N(CCCP(=O)(O)O)C2=O)c2ccccc21. The molecule has 0 unspecified atom stereocenters. The maximum atomic E-state index is 12.7. The zero-order valence-electron chi connectivity index (χ0n) is 13.2. The first kappa shape index (κ1) is 18.3. The third-order valence-electron chi connectivity index (χ3n) is 3.96. The standard InChI is InChI=1S/C15H15N2O5PS2/c1-16-10-6-3-2-5-9(10)11(13(16)18)12-14(19)17(15(24)25-12)7-4-8-23(20,21)22/h2-3,5-6H,4,7-8H2,1H3,(H2,20,21,22)/b12-11-. The highest BCUT2D eigenvalue weighted by atomic mass is 32.2. The fraction of sp³-hybridized carbons (Fsp3) is 0.267. The summed E-state index contributed by atoms with van der Waals surface area (Å²) in [5.41, 5.74) is 1.74. The number of hydrogen-bond donors (Lipinski definition) is 2. The molecule has 1 aromatic carbocycles. The van der Waals surface area contributed by atoms with Crippen LogP contribution < -0.4 is 4.90 Å². The minimum atomic E-state index is -4.12. The van der Waals surface area contributed by atoms with E-state index in [0.29, 0.717) is 11.1 Å². The van der Waals surface area contributed by atoms with Crippen LogP contribution in [0.15, 0.2) is 29.2 Å². The molecule has 0 bridgehead atoms. The Labute approximate surface area is 153 Å². The molecule has 2 amide bonds. The van der Waals surface area contributed by atoms with Crippen LogP contribution in [0.3, 0.4) is 0 Å². The molecule has 1 aromatic rings. The summed E-state index contributed by atoms with van der Waals surface area (Å²) in [6.45, 7) is 0.109. The molecule has 0 radical (unpaired) electrons. The van der Waals surface area contributed by atoms with Crippen molar-refractivity contribution in [1.82, 2.24) is 4.90 Å². The summed E-state index contributed by atoms with van der Waals surface area (Å²) in [6.07, 6.45) is -0.190. The highest BCUT2D eigenvalue weighted by molar-refractivity contribution is 8.26. The van der Waals surface area contributed by atoms with Gasteiger partial charge in [0.1, 0.15) is 4.32 Å². The Morgan fingerprint density at radius 3 is 2.56 bits per heavy atom. The second-order valence-electron chi connectivity index (χ2n) is 5.65. The van der Waals surface area contributed by atoms with Crippen molar-refractivity contribution in [1.29, 1.82) is 0 Å². The molecule has 25 heavy (non-hydrogen) atoms. The number of nitrogens with zero attached hydrogens (tertiary/aromatic N) is 2. The lowest BCUT2D eigenvalue weighted by atomic mass is 10.1. The molecule has 3 rings (SSSR count). The van der Waals surface area contributed by atoms with Crippen molar-refractivity contribution in [3.8, 4) is 0 Å². The molecule has 1 saturated heterocycles. The Morgan fingerprint density at radius 1 is 1.20 bits per heavy atom. The summed E-state index contributed by atoms with van der Waals surface area (Å²) in [5, 5.41) is 0. The number of hydrogen-bond acceptors (Lipinski definition) is 5. The van der Waals surface area contributed by atoms with Crippen molar-refractivity contribution in [2.75, 3.05) is 24.7 Å². The molecule has 0 aliphatic carbocycles. The topological polar surface area (TPSA) is 98.2 Å². The van der Waals surface area contributed by atoms with Crippen LogP contribution in [0.5, 0.6) is 0 Å². The molecule has 10 heteroatoms. The van der Waals surface area contributed by atoms with E-state index < -0.39 is 13.5 Å². The zero-order chi connectivity index (χ0) is 18.4. The van der Waals surface area contributed by atoms with Crippen molar-refractivity contribution in [3.05, 3.63) is 34.7 Å². The van der Waals surface area contributed by atoms with Gasteiger partial charge < -0.3 is 14.7 Å². The molecule has 7 nitrogen and oxygen atoms in total. The minimum absolute atomic E-state index is 0.109. The van der Waals surface area contributed by atoms with Gasteiger partial charge in [0, 0.05) is 19.2 Å². The number of likely N-dealkylation sites (N-methyl/N-ethyl adjacent to an activating group) is 1. The molecule has 0 aromatic heterocycles. The van der Waals surface area contributed by atoms with E-state index in [-0.39, 0.29) is 34.3 Å². The second-order valence-corrected chi connectivity index (χ2v) is 9.07. The van der Waals surface area contributed by atoms with E-state index in [0.717, 1.165) is 17.4 Å². The van der Waals surface area contributed by atoms with Gasteiger partial charge >= 0.3 is 7.60 Å². The minimum Gasteiger partial charge on any atom is -0.324 e. The molecule has 2 N–H and O–H groups in total. The fourth-order valence-corrected chi connectivity index (χ4v) is 4.70. The average Bonchev–Trinajstić information content (AvgIpc) is 2.95. The van der Waals surface area contributed by atoms with Crippen LogP contribution in [0.25, 0.3) is 5.57 Å². The fourth-order valence-electron chi connectivity index (χ4n) is 2.77. The molecule has 2 heterocycles. The molecule has 132 valence electrons. The van der Waals surface area contributed by atoms with Gasteiger partial charge in [-0.2, -0.15) is 0 Å². The first-order chi connectivity index (χ1) is 11.7. The Bertz CT molecular complexity index is 863. The summed E-state index contributed by atoms with van der Waals surface area (Å²) in [4.78, 5) is 46.2. The van der Waals surface area contributed by atoms with Crippen molar-refractivity contribution >= 4 is 59.0 Å². The summed E-state index contributed by atoms with van der Waals surface area (Å²) in [6, 6.07) is 7.21. The average molecular weight is 398 g/mol. The summed E-state index contributed by atoms with van der Waals surface area (Å²) < 4.78 is 11.2. The van der Waals surface area contributed by atoms with Gasteiger partial charge in [-0.05, 0) is 12.5 Å². The lowest BCUT2D eigenvalue weighted by molar-refractivity contribution is -0.122. The first-order valence-electron chi connectivity index (χ1n) is 7.40.